The van der Waals surface area contributed by atoms with E-state index in [4.69, 9.17) is 9.97 Å². The summed E-state index contributed by atoms with van der Waals surface area (Å²) < 4.78 is 2.38. The predicted octanol–water partition coefficient (Wildman–Crippen LogP) is 13.7. The topological polar surface area (TPSA) is 30.7 Å². The fourth-order valence-electron chi connectivity index (χ4n) is 8.43. The Bertz CT molecular complexity index is 3210. The molecule has 11 rings (SSSR count). The van der Waals surface area contributed by atoms with Crippen molar-refractivity contribution < 1.29 is 0 Å². The third-order valence-corrected chi connectivity index (χ3v) is 11.1. The van der Waals surface area contributed by atoms with E-state index in [1.165, 1.54) is 82.8 Å². The number of hydrogen-bond acceptors (Lipinski definition) is 2. The van der Waals surface area contributed by atoms with Crippen LogP contribution in [0, 0.1) is 0 Å². The van der Waals surface area contributed by atoms with E-state index in [9.17, 15) is 0 Å². The van der Waals surface area contributed by atoms with E-state index in [1.54, 1.807) is 12.4 Å². The number of benzene rings is 9. The third-order valence-electron chi connectivity index (χ3n) is 11.1. The molecule has 2 heterocycles. The summed E-state index contributed by atoms with van der Waals surface area (Å²) >= 11 is 0. The fourth-order valence-corrected chi connectivity index (χ4v) is 8.43. The van der Waals surface area contributed by atoms with E-state index in [1.807, 2.05) is 0 Å². The lowest BCUT2D eigenvalue weighted by molar-refractivity contribution is 1.18. The standard InChI is InChI=1S/C52H33N3/c1-2-14-42(15-3-1)55-49-19-7-6-17-44(49)45-26-24-41(33-50(45)55)35-22-20-34(21-23-35)36-10-8-11-37(30-36)38-12-9-13-39(31-38)40-25-27-47-48(32-40)43-16-4-5-18-46(43)51-52(47)54-29-28-53-51/h1-33H. The minimum atomic E-state index is 0.939. The highest BCUT2D eigenvalue weighted by molar-refractivity contribution is 6.23. The summed E-state index contributed by atoms with van der Waals surface area (Å²) in [4.78, 5) is 9.44. The lowest BCUT2D eigenvalue weighted by Gasteiger charge is -2.12. The first-order valence-electron chi connectivity index (χ1n) is 18.7. The molecule has 0 aliphatic carbocycles. The van der Waals surface area contributed by atoms with Gasteiger partial charge in [0.2, 0.25) is 0 Å². The Morgan fingerprint density at radius 3 is 1.38 bits per heavy atom. The summed E-state index contributed by atoms with van der Waals surface area (Å²) in [6.45, 7) is 0. The van der Waals surface area contributed by atoms with E-state index >= 15 is 0 Å². The molecule has 11 aromatic rings. The van der Waals surface area contributed by atoms with Gasteiger partial charge in [-0.3, -0.25) is 9.97 Å². The minimum Gasteiger partial charge on any atom is -0.309 e. The Balaban J connectivity index is 0.929. The molecule has 0 N–H and O–H groups in total. The van der Waals surface area contributed by atoms with Gasteiger partial charge in [-0.05, 0) is 97.7 Å². The normalized spacial score (nSPS) is 11.6. The third kappa shape index (κ3) is 5.20. The van der Waals surface area contributed by atoms with E-state index in [-0.39, 0.29) is 0 Å². The highest BCUT2D eigenvalue weighted by Crippen LogP contribution is 2.38. The molecule has 0 radical (unpaired) electrons. The van der Waals surface area contributed by atoms with E-state index in [0.717, 1.165) is 21.8 Å². The van der Waals surface area contributed by atoms with Crippen molar-refractivity contribution in [3.8, 4) is 50.2 Å². The summed E-state index contributed by atoms with van der Waals surface area (Å²) in [5, 5.41) is 7.16. The summed E-state index contributed by atoms with van der Waals surface area (Å²) in [6, 6.07) is 68.1. The van der Waals surface area contributed by atoms with Crippen molar-refractivity contribution in [2.75, 3.05) is 0 Å². The molecule has 256 valence electrons. The van der Waals surface area contributed by atoms with Gasteiger partial charge in [0.05, 0.1) is 22.1 Å². The van der Waals surface area contributed by atoms with Gasteiger partial charge >= 0.3 is 0 Å². The lowest BCUT2D eigenvalue weighted by atomic mass is 9.93. The Labute approximate surface area is 318 Å². The van der Waals surface area contributed by atoms with Crippen LogP contribution in [0.3, 0.4) is 0 Å². The van der Waals surface area contributed by atoms with E-state index in [0.29, 0.717) is 0 Å². The molecule has 2 aromatic heterocycles. The van der Waals surface area contributed by atoms with Gasteiger partial charge in [0.1, 0.15) is 0 Å². The van der Waals surface area contributed by atoms with Crippen LogP contribution < -0.4 is 0 Å². The monoisotopic (exact) mass is 699 g/mol. The van der Waals surface area contributed by atoms with Gasteiger partial charge in [-0.2, -0.15) is 0 Å². The van der Waals surface area contributed by atoms with Gasteiger partial charge in [0.15, 0.2) is 0 Å². The van der Waals surface area contributed by atoms with Crippen LogP contribution in [0.25, 0.3) is 105 Å². The minimum absolute atomic E-state index is 0.939. The average molecular weight is 700 g/mol. The second-order valence-electron chi connectivity index (χ2n) is 14.2. The van der Waals surface area contributed by atoms with Crippen molar-refractivity contribution in [1.29, 1.82) is 0 Å². The SMILES string of the molecule is c1ccc(-n2c3ccccc3c3ccc(-c4ccc(-c5cccc(-c6cccc(-c7ccc8c(c7)c7ccccc7c7nccnc87)c6)c5)cc4)cc32)cc1. The van der Waals surface area contributed by atoms with Crippen molar-refractivity contribution in [3.05, 3.63) is 200 Å². The summed E-state index contributed by atoms with van der Waals surface area (Å²) in [5.74, 6) is 0. The van der Waals surface area contributed by atoms with Crippen molar-refractivity contribution in [2.45, 2.75) is 0 Å². The van der Waals surface area contributed by atoms with Crippen LogP contribution in [0.2, 0.25) is 0 Å². The molecule has 0 bridgehead atoms. The predicted molar refractivity (Wildman–Crippen MR) is 231 cm³/mol. The number of nitrogens with zero attached hydrogens (tertiary/aromatic N) is 3. The molecule has 3 heteroatoms. The average Bonchev–Trinajstić information content (AvgIpc) is 3.60. The largest absolute Gasteiger partial charge is 0.309 e. The van der Waals surface area contributed by atoms with Gasteiger partial charge in [-0.1, -0.05) is 146 Å². The maximum absolute atomic E-state index is 4.74. The van der Waals surface area contributed by atoms with Crippen LogP contribution >= 0.6 is 0 Å². The zero-order chi connectivity index (χ0) is 36.3. The molecule has 9 aromatic carbocycles. The van der Waals surface area contributed by atoms with Crippen LogP contribution in [-0.2, 0) is 0 Å². The second-order valence-corrected chi connectivity index (χ2v) is 14.2. The van der Waals surface area contributed by atoms with Crippen LogP contribution in [0.5, 0.6) is 0 Å². The second kappa shape index (κ2) is 12.6. The first-order valence-corrected chi connectivity index (χ1v) is 18.7. The van der Waals surface area contributed by atoms with Gasteiger partial charge in [-0.25, -0.2) is 0 Å². The molecule has 0 spiro atoms. The van der Waals surface area contributed by atoms with Crippen LogP contribution in [0.15, 0.2) is 200 Å². The molecule has 0 saturated carbocycles. The maximum atomic E-state index is 4.74. The number of aromatic nitrogens is 3. The molecular formula is C52H33N3. The zero-order valence-electron chi connectivity index (χ0n) is 29.9. The summed E-state index contributed by atoms with van der Waals surface area (Å²) in [6.07, 6.45) is 3.56. The Morgan fingerprint density at radius 2 is 0.727 bits per heavy atom. The summed E-state index contributed by atoms with van der Waals surface area (Å²) in [5.41, 5.74) is 15.0. The molecule has 0 unspecified atom stereocenters. The number of hydrogen-bond donors (Lipinski definition) is 0. The molecule has 0 aliphatic heterocycles. The van der Waals surface area contributed by atoms with Crippen molar-refractivity contribution in [1.82, 2.24) is 14.5 Å². The smallest absolute Gasteiger partial charge is 0.0971 e. The number of rotatable bonds is 5. The molecule has 0 aliphatic rings. The van der Waals surface area contributed by atoms with Crippen LogP contribution in [-0.4, -0.2) is 14.5 Å². The molecule has 0 atom stereocenters. The molecule has 55 heavy (non-hydrogen) atoms. The maximum Gasteiger partial charge on any atom is 0.0971 e. The van der Waals surface area contributed by atoms with E-state index in [2.05, 4.69) is 193 Å². The van der Waals surface area contributed by atoms with Gasteiger partial charge in [0.25, 0.3) is 0 Å². The van der Waals surface area contributed by atoms with Gasteiger partial charge in [0, 0.05) is 39.6 Å². The number of para-hydroxylation sites is 2. The lowest BCUT2D eigenvalue weighted by Crippen LogP contribution is -1.93. The molecular weight excluding hydrogens is 667 g/mol. The highest BCUT2D eigenvalue weighted by atomic mass is 15.0. The van der Waals surface area contributed by atoms with Crippen LogP contribution in [0.4, 0.5) is 0 Å². The fraction of sp³-hybridized carbons (Fsp3) is 0. The molecule has 3 nitrogen and oxygen atoms in total. The summed E-state index contributed by atoms with van der Waals surface area (Å²) in [7, 11) is 0. The first kappa shape index (κ1) is 31.2. The zero-order valence-corrected chi connectivity index (χ0v) is 29.9. The molecule has 0 fully saturated rings. The van der Waals surface area contributed by atoms with E-state index < -0.39 is 0 Å². The Hall–Kier alpha value is -7.36. The Kier molecular flexibility index (Phi) is 7.17. The Morgan fingerprint density at radius 1 is 0.273 bits per heavy atom. The molecule has 0 amide bonds. The molecule has 0 saturated heterocycles. The quantitative estimate of drug-likeness (QED) is 0.167. The van der Waals surface area contributed by atoms with Crippen molar-refractivity contribution in [3.63, 3.8) is 0 Å². The van der Waals surface area contributed by atoms with Crippen molar-refractivity contribution >= 4 is 54.4 Å². The van der Waals surface area contributed by atoms with Gasteiger partial charge in [-0.15, -0.1) is 0 Å². The van der Waals surface area contributed by atoms with Gasteiger partial charge < -0.3 is 4.57 Å². The number of fused-ring (bicyclic) bond motifs is 9. The van der Waals surface area contributed by atoms with Crippen LogP contribution in [0.1, 0.15) is 0 Å². The van der Waals surface area contributed by atoms with Crippen molar-refractivity contribution in [2.24, 2.45) is 0 Å². The highest BCUT2D eigenvalue weighted by Gasteiger charge is 2.14. The first-order chi connectivity index (χ1) is 27.3.